The monoisotopic (exact) mass is 206 g/mol. The number of hydrogen-bond acceptors (Lipinski definition) is 2. The predicted octanol–water partition coefficient (Wildman–Crippen LogP) is 3.15. The summed E-state index contributed by atoms with van der Waals surface area (Å²) in [7, 11) is 0. The van der Waals surface area contributed by atoms with Gasteiger partial charge in [-0.15, -0.1) is 0 Å². The zero-order valence-electron chi connectivity index (χ0n) is 8.72. The lowest BCUT2D eigenvalue weighted by Gasteiger charge is -2.23. The van der Waals surface area contributed by atoms with Crippen molar-refractivity contribution < 1.29 is 0 Å². The molecule has 0 radical (unpaired) electrons. The number of nitrogens with zero attached hydrogens (tertiary/aromatic N) is 2. The van der Waals surface area contributed by atoms with Crippen LogP contribution in [0, 0.1) is 11.3 Å². The molecule has 16 heavy (non-hydrogen) atoms. The van der Waals surface area contributed by atoms with Crippen LogP contribution in [0.4, 0.5) is 5.69 Å². The molecule has 1 aliphatic heterocycles. The molecule has 1 heterocycles. The van der Waals surface area contributed by atoms with Crippen LogP contribution >= 0.6 is 0 Å². The van der Waals surface area contributed by atoms with E-state index in [9.17, 15) is 0 Å². The minimum atomic E-state index is 0.393. The summed E-state index contributed by atoms with van der Waals surface area (Å²) in [6.45, 7) is 0.393. The van der Waals surface area contributed by atoms with Gasteiger partial charge in [-0.05, 0) is 23.1 Å². The van der Waals surface area contributed by atoms with Crippen molar-refractivity contribution in [1.29, 1.82) is 5.26 Å². The largest absolute Gasteiger partial charge is 0.334 e. The van der Waals surface area contributed by atoms with Crippen LogP contribution < -0.4 is 4.90 Å². The lowest BCUT2D eigenvalue weighted by molar-refractivity contribution is 1.10. The van der Waals surface area contributed by atoms with E-state index in [4.69, 9.17) is 5.26 Å². The Morgan fingerprint density at radius 1 is 1.12 bits per heavy atom. The molecule has 76 valence electrons. The number of hydrogen-bond donors (Lipinski definition) is 0. The Morgan fingerprint density at radius 2 is 1.94 bits per heavy atom. The lowest BCUT2D eigenvalue weighted by atomic mass is 10.00. The van der Waals surface area contributed by atoms with Crippen molar-refractivity contribution in [2.75, 3.05) is 11.4 Å². The van der Waals surface area contributed by atoms with Crippen LogP contribution in [-0.4, -0.2) is 6.54 Å². The van der Waals surface area contributed by atoms with Crippen molar-refractivity contribution in [3.8, 4) is 6.07 Å². The second kappa shape index (κ2) is 3.39. The lowest BCUT2D eigenvalue weighted by Crippen LogP contribution is -2.18. The van der Waals surface area contributed by atoms with E-state index in [1.54, 1.807) is 0 Å². The van der Waals surface area contributed by atoms with Crippen molar-refractivity contribution in [2.45, 2.75) is 0 Å². The van der Waals surface area contributed by atoms with Crippen LogP contribution in [0.2, 0.25) is 0 Å². The van der Waals surface area contributed by atoms with Gasteiger partial charge in [-0.25, -0.2) is 0 Å². The predicted molar refractivity (Wildman–Crippen MR) is 65.9 cm³/mol. The molecular formula is C14H10N2. The molecule has 2 aromatic carbocycles. The molecular weight excluding hydrogens is 196 g/mol. The van der Waals surface area contributed by atoms with E-state index in [-0.39, 0.29) is 0 Å². The van der Waals surface area contributed by atoms with Gasteiger partial charge in [0, 0.05) is 11.6 Å². The minimum Gasteiger partial charge on any atom is -0.334 e. The highest BCUT2D eigenvalue weighted by molar-refractivity contribution is 6.02. The van der Waals surface area contributed by atoms with Gasteiger partial charge < -0.3 is 4.90 Å². The summed E-state index contributed by atoms with van der Waals surface area (Å²) in [6, 6.07) is 14.7. The molecule has 0 aliphatic carbocycles. The average molecular weight is 206 g/mol. The molecule has 0 spiro atoms. The maximum atomic E-state index is 8.80. The first-order chi connectivity index (χ1) is 7.90. The van der Waals surface area contributed by atoms with Crippen LogP contribution in [-0.2, 0) is 0 Å². The van der Waals surface area contributed by atoms with Gasteiger partial charge >= 0.3 is 0 Å². The summed E-state index contributed by atoms with van der Waals surface area (Å²) in [4.78, 5) is 1.98. The molecule has 3 rings (SSSR count). The number of benzene rings is 2. The highest BCUT2D eigenvalue weighted by Gasteiger charge is 2.13. The Bertz CT molecular complexity index is 615. The Kier molecular flexibility index (Phi) is 1.91. The maximum Gasteiger partial charge on any atom is 0.110 e. The van der Waals surface area contributed by atoms with Gasteiger partial charge in [0.2, 0.25) is 0 Å². The molecule has 0 saturated carbocycles. The first kappa shape index (κ1) is 8.99. The molecule has 0 aromatic heterocycles. The van der Waals surface area contributed by atoms with E-state index in [1.807, 2.05) is 17.2 Å². The second-order valence-electron chi connectivity index (χ2n) is 3.82. The van der Waals surface area contributed by atoms with E-state index in [0.29, 0.717) is 6.54 Å². The molecule has 2 nitrogen and oxygen atoms in total. The van der Waals surface area contributed by atoms with Crippen LogP contribution in [0.15, 0.2) is 42.6 Å². The van der Waals surface area contributed by atoms with Gasteiger partial charge in [-0.1, -0.05) is 30.3 Å². The van der Waals surface area contributed by atoms with E-state index < -0.39 is 0 Å². The zero-order chi connectivity index (χ0) is 11.0. The third-order valence-corrected chi connectivity index (χ3v) is 2.90. The van der Waals surface area contributed by atoms with Gasteiger partial charge in [0.15, 0.2) is 0 Å². The third-order valence-electron chi connectivity index (χ3n) is 2.90. The van der Waals surface area contributed by atoms with Crippen molar-refractivity contribution >= 4 is 22.5 Å². The summed E-state index contributed by atoms with van der Waals surface area (Å²) in [5.41, 5.74) is 2.35. The molecule has 0 saturated heterocycles. The number of rotatable bonds is 1. The molecule has 0 N–H and O–H groups in total. The highest BCUT2D eigenvalue weighted by atomic mass is 15.1. The number of anilines is 1. The Balaban J connectivity index is 2.32. The van der Waals surface area contributed by atoms with Gasteiger partial charge in [0.05, 0.1) is 11.8 Å². The van der Waals surface area contributed by atoms with Crippen molar-refractivity contribution in [2.24, 2.45) is 0 Å². The zero-order valence-corrected chi connectivity index (χ0v) is 8.72. The minimum absolute atomic E-state index is 0.393. The van der Waals surface area contributed by atoms with Crippen LogP contribution in [0.25, 0.3) is 16.8 Å². The summed E-state index contributed by atoms with van der Waals surface area (Å²) in [5, 5.41) is 11.3. The van der Waals surface area contributed by atoms with Crippen molar-refractivity contribution in [3.63, 3.8) is 0 Å². The van der Waals surface area contributed by atoms with Crippen LogP contribution in [0.3, 0.4) is 0 Å². The molecule has 2 heteroatoms. The first-order valence-electron chi connectivity index (χ1n) is 5.24. The Hall–Kier alpha value is -2.27. The topological polar surface area (TPSA) is 27.0 Å². The molecule has 1 aliphatic rings. The highest BCUT2D eigenvalue weighted by Crippen LogP contribution is 2.33. The smallest absolute Gasteiger partial charge is 0.110 e. The fourth-order valence-corrected chi connectivity index (χ4v) is 2.19. The first-order valence-corrected chi connectivity index (χ1v) is 5.24. The Morgan fingerprint density at radius 3 is 2.75 bits per heavy atom. The van der Waals surface area contributed by atoms with Gasteiger partial charge in [-0.2, -0.15) is 5.26 Å². The third kappa shape index (κ3) is 1.19. The molecule has 0 bridgehead atoms. The SMILES string of the molecule is N#CCN1C=Cc2cccc3cccc1c23. The Labute approximate surface area is 94.0 Å². The van der Waals surface area contributed by atoms with Crippen LogP contribution in [0.5, 0.6) is 0 Å². The van der Waals surface area contributed by atoms with E-state index in [0.717, 1.165) is 5.69 Å². The van der Waals surface area contributed by atoms with Crippen LogP contribution in [0.1, 0.15) is 5.56 Å². The molecule has 0 amide bonds. The van der Waals surface area contributed by atoms with E-state index in [2.05, 4.69) is 42.5 Å². The second-order valence-corrected chi connectivity index (χ2v) is 3.82. The summed E-state index contributed by atoms with van der Waals surface area (Å²) in [6.07, 6.45) is 4.03. The quantitative estimate of drug-likeness (QED) is 0.670. The van der Waals surface area contributed by atoms with E-state index in [1.165, 1.54) is 16.3 Å². The summed E-state index contributed by atoms with van der Waals surface area (Å²) in [5.74, 6) is 0. The van der Waals surface area contributed by atoms with Gasteiger partial charge in [-0.3, -0.25) is 0 Å². The van der Waals surface area contributed by atoms with Crippen molar-refractivity contribution in [3.05, 3.63) is 48.2 Å². The van der Waals surface area contributed by atoms with Crippen molar-refractivity contribution in [1.82, 2.24) is 0 Å². The van der Waals surface area contributed by atoms with E-state index >= 15 is 0 Å². The average Bonchev–Trinajstić information content (AvgIpc) is 2.33. The maximum absolute atomic E-state index is 8.80. The molecule has 0 atom stereocenters. The fourth-order valence-electron chi connectivity index (χ4n) is 2.19. The molecule has 0 fully saturated rings. The normalized spacial score (nSPS) is 12.8. The summed E-state index contributed by atoms with van der Waals surface area (Å²) < 4.78 is 0. The van der Waals surface area contributed by atoms with Gasteiger partial charge in [0.25, 0.3) is 0 Å². The molecule has 2 aromatic rings. The number of nitriles is 1. The molecule has 0 unspecified atom stereocenters. The van der Waals surface area contributed by atoms with Gasteiger partial charge in [0.1, 0.15) is 6.54 Å². The summed E-state index contributed by atoms with van der Waals surface area (Å²) >= 11 is 0. The standard InChI is InChI=1S/C14H10N2/c15-8-10-16-9-7-12-4-1-3-11-5-2-6-13(16)14(11)12/h1-7,9H,10H2. The fraction of sp³-hybridized carbons (Fsp3) is 0.0714.